The summed E-state index contributed by atoms with van der Waals surface area (Å²) >= 11 is 10.6. The van der Waals surface area contributed by atoms with Crippen LogP contribution < -0.4 is 0 Å². The van der Waals surface area contributed by atoms with E-state index < -0.39 is 5.24 Å². The molecular formula is Cl2IO3P. The predicted octanol–water partition coefficient (Wildman–Crippen LogP) is 2.87. The lowest BCUT2D eigenvalue weighted by atomic mass is 15.8. The molecule has 7 heteroatoms. The van der Waals surface area contributed by atoms with Crippen molar-refractivity contribution in [1.29, 1.82) is 0 Å². The van der Waals surface area contributed by atoms with Gasteiger partial charge in [0.15, 0.2) is 0 Å². The van der Waals surface area contributed by atoms with Gasteiger partial charge in [-0.2, -0.15) is 8.15 Å². The Morgan fingerprint density at radius 3 is 1.71 bits per heavy atom. The highest BCUT2D eigenvalue weighted by Gasteiger charge is 2.17. The summed E-state index contributed by atoms with van der Waals surface area (Å²) in [6, 6.07) is 0. The van der Waals surface area contributed by atoms with Crippen LogP contribution in [0, 0.1) is 0 Å². The molecule has 0 aliphatic heterocycles. The highest BCUT2D eigenvalue weighted by atomic mass is 127. The molecule has 0 aliphatic carbocycles. The van der Waals surface area contributed by atoms with E-state index in [4.69, 9.17) is 0 Å². The van der Waals surface area contributed by atoms with Gasteiger partial charge in [-0.3, -0.25) is 0 Å². The van der Waals surface area contributed by atoms with Gasteiger partial charge in [0.05, 0.1) is 45.8 Å². The van der Waals surface area contributed by atoms with Crippen LogP contribution in [0.15, 0.2) is 0 Å². The summed E-state index contributed by atoms with van der Waals surface area (Å²) in [7, 11) is 0. The van der Waals surface area contributed by atoms with Crippen LogP contribution >= 0.6 is 51.0 Å². The van der Waals surface area contributed by atoms with Gasteiger partial charge in [-0.05, 0) is 0 Å². The van der Waals surface area contributed by atoms with E-state index >= 15 is 0 Å². The summed E-state index contributed by atoms with van der Waals surface area (Å²) in [5.74, 6) is 0. The maximum Gasteiger partial charge on any atom is 0.421 e. The van der Waals surface area contributed by atoms with Crippen molar-refractivity contribution in [2.45, 2.75) is 0 Å². The van der Waals surface area contributed by atoms with Crippen LogP contribution in [0.5, 0.6) is 0 Å². The van der Waals surface area contributed by atoms with Crippen LogP contribution in [-0.4, -0.2) is 0 Å². The molecule has 0 N–H and O–H groups in total. The summed E-state index contributed by atoms with van der Waals surface area (Å²) in [5, 5.41) is -3.15. The van der Waals surface area contributed by atoms with Crippen LogP contribution in [0.4, 0.5) is 0 Å². The lowest BCUT2D eigenvalue weighted by molar-refractivity contribution is 0.443. The zero-order chi connectivity index (χ0) is 5.91. The van der Waals surface area contributed by atoms with Crippen LogP contribution in [0.3, 0.4) is 0 Å². The minimum absolute atomic E-state index is 1.35. The van der Waals surface area contributed by atoms with Crippen molar-refractivity contribution in [1.82, 2.24) is 0 Å². The molecule has 3 nitrogen and oxygen atoms in total. The molecule has 0 saturated heterocycles. The molecule has 0 heterocycles. The molecule has 0 aromatic rings. The fourth-order valence-electron chi connectivity index (χ4n) is 0.0106. The van der Waals surface area contributed by atoms with Crippen molar-refractivity contribution >= 4 is 51.0 Å². The molecule has 0 aromatic heterocycles. The van der Waals surface area contributed by atoms with Gasteiger partial charge in [0.2, 0.25) is 0 Å². The molecule has 7 heavy (non-hydrogen) atoms. The zero-order valence-electron chi connectivity index (χ0n) is 2.81. The minimum Gasteiger partial charge on any atom is -0.245 e. The van der Waals surface area contributed by atoms with Gasteiger partial charge in [0, 0.05) is 0 Å². The van der Waals surface area contributed by atoms with Gasteiger partial charge in [0.25, 0.3) is 0 Å². The van der Waals surface area contributed by atoms with E-state index in [0.29, 0.717) is 0 Å². The Hall–Kier alpha value is 1.46. The minimum atomic E-state index is -3.15. The highest BCUT2D eigenvalue weighted by Crippen LogP contribution is 2.58. The van der Waals surface area contributed by atoms with Gasteiger partial charge in [-0.1, -0.05) is 0 Å². The molecule has 0 aliphatic rings. The maximum absolute atomic E-state index is 10.2. The van der Waals surface area contributed by atoms with E-state index in [1.54, 1.807) is 0 Å². The standard InChI is InChI=1S/Cl2IO3P/c1-5-7(3,4)6-2. The van der Waals surface area contributed by atoms with Gasteiger partial charge >= 0.3 is 5.24 Å². The first kappa shape index (κ1) is 8.46. The molecule has 0 atom stereocenters. The second-order valence-electron chi connectivity index (χ2n) is 0.569. The molecular weight excluding hydrogens is 277 g/mol. The Bertz CT molecular complexity index is 84.9. The van der Waals surface area contributed by atoms with Crippen LogP contribution in [0.25, 0.3) is 0 Å². The number of hydrogen-bond donors (Lipinski definition) is 0. The van der Waals surface area contributed by atoms with E-state index in [2.05, 4.69) is 31.9 Å². The Morgan fingerprint density at radius 1 is 1.43 bits per heavy atom. The van der Waals surface area contributed by atoms with Crippen LogP contribution in [0.1, 0.15) is 0 Å². The summed E-state index contributed by atoms with van der Waals surface area (Å²) in [4.78, 5) is 0. The second-order valence-corrected chi connectivity index (χ2v) is 6.08. The van der Waals surface area contributed by atoms with Crippen LogP contribution in [-0.2, 0) is 12.7 Å². The van der Waals surface area contributed by atoms with Gasteiger partial charge in [-0.25, -0.2) is 4.57 Å². The fourth-order valence-corrected chi connectivity index (χ4v) is 0.287. The number of rotatable bonds is 2. The number of halogens is 3. The number of hydrogen-bond acceptors (Lipinski definition) is 3. The van der Waals surface area contributed by atoms with Crippen molar-refractivity contribution in [2.75, 3.05) is 0 Å². The fraction of sp³-hybridized carbons (Fsp3) is 0. The predicted molar refractivity (Wildman–Crippen MR) is 35.5 cm³/mol. The first-order valence-electron chi connectivity index (χ1n) is 1.03. The molecule has 0 spiro atoms. The largest absolute Gasteiger partial charge is 0.421 e. The Kier molecular flexibility index (Phi) is 4.20. The topological polar surface area (TPSA) is 35.5 Å². The average molecular weight is 277 g/mol. The monoisotopic (exact) mass is 276 g/mol. The molecule has 0 saturated carbocycles. The van der Waals surface area contributed by atoms with E-state index in [-0.39, 0.29) is 0 Å². The quantitative estimate of drug-likeness (QED) is 0.575. The lowest BCUT2D eigenvalue weighted by Crippen LogP contribution is -1.63. The normalized spacial score (nSPS) is 11.9. The Labute approximate surface area is 63.6 Å². The molecule has 44 valence electrons. The summed E-state index contributed by atoms with van der Waals surface area (Å²) in [6.07, 6.45) is 0. The van der Waals surface area contributed by atoms with E-state index in [0.717, 1.165) is 0 Å². The first-order chi connectivity index (χ1) is 3.12. The molecule has 0 bridgehead atoms. The third-order valence-corrected chi connectivity index (χ3v) is 4.16. The molecule has 0 amide bonds. The SMILES string of the molecule is O=P(I)(OCl)OCl. The molecule has 0 unspecified atom stereocenters. The van der Waals surface area contributed by atoms with Crippen molar-refractivity contribution in [3.05, 3.63) is 0 Å². The lowest BCUT2D eigenvalue weighted by Gasteiger charge is -1.95. The summed E-state index contributed by atoms with van der Waals surface area (Å²) < 4.78 is 17.7. The Balaban J connectivity index is 3.61. The van der Waals surface area contributed by atoms with Crippen LogP contribution in [0.2, 0.25) is 0 Å². The average Bonchev–Trinajstić information content (AvgIpc) is 1.68. The molecule has 0 rings (SSSR count). The molecule has 0 radical (unpaired) electrons. The van der Waals surface area contributed by atoms with Gasteiger partial charge in [0.1, 0.15) is 0 Å². The summed E-state index contributed by atoms with van der Waals surface area (Å²) in [6.45, 7) is 0. The van der Waals surface area contributed by atoms with Crippen molar-refractivity contribution in [3.8, 4) is 0 Å². The van der Waals surface area contributed by atoms with Gasteiger partial charge in [-0.15, -0.1) is 0 Å². The van der Waals surface area contributed by atoms with E-state index in [9.17, 15) is 4.57 Å². The van der Waals surface area contributed by atoms with Crippen molar-refractivity contribution in [2.24, 2.45) is 0 Å². The van der Waals surface area contributed by atoms with Crippen molar-refractivity contribution in [3.63, 3.8) is 0 Å². The van der Waals surface area contributed by atoms with Gasteiger partial charge < -0.3 is 0 Å². The smallest absolute Gasteiger partial charge is 0.245 e. The first-order valence-corrected chi connectivity index (χ1v) is 5.97. The van der Waals surface area contributed by atoms with E-state index in [1.165, 1.54) is 22.0 Å². The molecule has 0 fully saturated rings. The van der Waals surface area contributed by atoms with E-state index in [1.807, 2.05) is 0 Å². The van der Waals surface area contributed by atoms with Crippen molar-refractivity contribution < 1.29 is 12.7 Å². The zero-order valence-corrected chi connectivity index (χ0v) is 7.37. The third-order valence-electron chi connectivity index (χ3n) is 0.165. The molecule has 0 aromatic carbocycles. The third kappa shape index (κ3) is 4.00. The highest BCUT2D eigenvalue weighted by molar-refractivity contribution is 14.2. The maximum atomic E-state index is 10.2. The second kappa shape index (κ2) is 3.48. The summed E-state index contributed by atoms with van der Waals surface area (Å²) in [5.41, 5.74) is 0. The Morgan fingerprint density at radius 2 is 1.71 bits per heavy atom.